The Morgan fingerprint density at radius 3 is 1.80 bits per heavy atom. The van der Waals surface area contributed by atoms with E-state index in [1.807, 2.05) is 12.3 Å². The Balaban J connectivity index is 1.10. The molecule has 0 atom stereocenters. The van der Waals surface area contributed by atoms with Crippen molar-refractivity contribution in [1.82, 2.24) is 14.1 Å². The van der Waals surface area contributed by atoms with Crippen LogP contribution in [0.5, 0.6) is 11.5 Å². The molecule has 0 N–H and O–H groups in total. The molecule has 374 valence electrons. The zero-order chi connectivity index (χ0) is 52.3. The fourth-order valence-electron chi connectivity index (χ4n) is 10.8. The van der Waals surface area contributed by atoms with Crippen molar-refractivity contribution < 1.29 is 9.30 Å². The van der Waals surface area contributed by atoms with Crippen molar-refractivity contribution in [3.8, 4) is 39.8 Å². The zero-order valence-electron chi connectivity index (χ0n) is 45.7. The van der Waals surface area contributed by atoms with E-state index < -0.39 is 0 Å². The van der Waals surface area contributed by atoms with Crippen LogP contribution in [0.15, 0.2) is 182 Å². The van der Waals surface area contributed by atoms with E-state index in [4.69, 9.17) is 9.72 Å². The summed E-state index contributed by atoms with van der Waals surface area (Å²) in [4.78, 5) is 5.18. The number of benzene rings is 7. The number of rotatable bonds is 13. The number of ether oxygens (including phenoxy) is 1. The third kappa shape index (κ3) is 9.38. The topological polar surface area (TPSA) is 35.9 Å². The largest absolute Gasteiger partial charge is 0.458 e. The van der Waals surface area contributed by atoms with Crippen LogP contribution in [-0.4, -0.2) is 14.1 Å². The number of aromatic nitrogens is 4. The lowest BCUT2D eigenvalue weighted by molar-refractivity contribution is -0.611. The Bertz CT molecular complexity index is 3630. The summed E-state index contributed by atoms with van der Waals surface area (Å²) in [7, 11) is 0. The Morgan fingerprint density at radius 1 is 0.514 bits per heavy atom. The predicted octanol–water partition coefficient (Wildman–Crippen LogP) is 17.8. The second-order valence-corrected chi connectivity index (χ2v) is 23.4. The van der Waals surface area contributed by atoms with Gasteiger partial charge < -0.3 is 4.74 Å². The average Bonchev–Trinajstić information content (AvgIpc) is 4.00. The first-order valence-corrected chi connectivity index (χ1v) is 26.6. The van der Waals surface area contributed by atoms with E-state index in [9.17, 15) is 0 Å². The molecule has 74 heavy (non-hydrogen) atoms. The molecule has 7 aromatic carbocycles. The first-order chi connectivity index (χ1) is 35.3. The number of imidazole rings is 1. The molecule has 0 spiro atoms. The van der Waals surface area contributed by atoms with Gasteiger partial charge >= 0.3 is 0 Å². The molecule has 0 aliphatic rings. The van der Waals surface area contributed by atoms with E-state index in [1.165, 1.54) is 55.5 Å². The molecule has 0 amide bonds. The summed E-state index contributed by atoms with van der Waals surface area (Å²) in [5.74, 6) is 3.47. The van der Waals surface area contributed by atoms with Crippen LogP contribution in [-0.2, 0) is 16.2 Å². The molecular weight excluding hydrogens is 901 g/mol. The monoisotopic (exact) mass is 973 g/mol. The summed E-state index contributed by atoms with van der Waals surface area (Å²) < 4.78 is 13.6. The Kier molecular flexibility index (Phi) is 13.1. The van der Waals surface area contributed by atoms with Crippen LogP contribution < -0.4 is 9.30 Å². The molecule has 0 unspecified atom stereocenters. The maximum atomic E-state index is 6.92. The first kappa shape index (κ1) is 50.1. The molecule has 3 heterocycles. The summed E-state index contributed by atoms with van der Waals surface area (Å²) in [6.07, 6.45) is 7.97. The van der Waals surface area contributed by atoms with Gasteiger partial charge in [0.2, 0.25) is 0 Å². The van der Waals surface area contributed by atoms with Crippen molar-refractivity contribution in [3.63, 3.8) is 0 Å². The van der Waals surface area contributed by atoms with Crippen LogP contribution in [0.2, 0.25) is 0 Å². The summed E-state index contributed by atoms with van der Waals surface area (Å²) in [6.45, 7) is 29.9. The molecule has 0 saturated carbocycles. The zero-order valence-corrected chi connectivity index (χ0v) is 45.7. The first-order valence-electron chi connectivity index (χ1n) is 26.6. The minimum Gasteiger partial charge on any atom is -0.458 e. The highest BCUT2D eigenvalue weighted by Crippen LogP contribution is 2.43. The van der Waals surface area contributed by atoms with Crippen LogP contribution in [0.25, 0.3) is 50.1 Å². The van der Waals surface area contributed by atoms with E-state index in [0.717, 1.165) is 50.8 Å². The lowest BCUT2D eigenvalue weighted by atomic mass is 9.78. The fraction of sp³-hybridized carbons (Fsp3) is 0.275. The lowest BCUT2D eigenvalue weighted by Gasteiger charge is -2.27. The third-order valence-corrected chi connectivity index (χ3v) is 15.5. The fourth-order valence-corrected chi connectivity index (χ4v) is 10.8. The molecule has 3 aromatic heterocycles. The van der Waals surface area contributed by atoms with Crippen LogP contribution in [0, 0.1) is 6.33 Å². The Labute approximate surface area is 440 Å². The van der Waals surface area contributed by atoms with Crippen LogP contribution in [0.1, 0.15) is 152 Å². The van der Waals surface area contributed by atoms with Gasteiger partial charge in [-0.15, -0.1) is 0 Å². The van der Waals surface area contributed by atoms with Gasteiger partial charge in [0, 0.05) is 40.1 Å². The highest BCUT2D eigenvalue weighted by molar-refractivity contribution is 6.10. The molecule has 0 fully saturated rings. The predicted molar refractivity (Wildman–Crippen MR) is 308 cm³/mol. The average molecular weight is 973 g/mol. The SMILES string of the molecule is CC(C)c1cc(C(C)C)c(-c2ccnc(-n3c4ccc(C(C)(C)c5ccccc5)cc4c4ccc(Oc5cccc(-n6[c-][n+](-c7cccc(C(C)(C)C)c7)c(C(C)(C)c7ccccc7)c6)c5)cc43)c2)c(C(C)C)c1. The van der Waals surface area contributed by atoms with Crippen molar-refractivity contribution >= 4 is 21.8 Å². The van der Waals surface area contributed by atoms with Gasteiger partial charge in [-0.1, -0.05) is 187 Å². The second-order valence-electron chi connectivity index (χ2n) is 23.4. The number of pyridine rings is 1. The quantitative estimate of drug-likeness (QED) is 0.0852. The van der Waals surface area contributed by atoms with Gasteiger partial charge in [0.1, 0.15) is 17.3 Å². The van der Waals surface area contributed by atoms with Gasteiger partial charge in [-0.05, 0) is 140 Å². The van der Waals surface area contributed by atoms with Gasteiger partial charge in [0.15, 0.2) is 0 Å². The van der Waals surface area contributed by atoms with E-state index in [0.29, 0.717) is 17.8 Å². The van der Waals surface area contributed by atoms with Crippen LogP contribution in [0.4, 0.5) is 0 Å². The molecule has 10 aromatic rings. The van der Waals surface area contributed by atoms with Crippen molar-refractivity contribution in [2.45, 2.75) is 124 Å². The number of hydrogen-bond donors (Lipinski definition) is 0. The molecule has 0 saturated heterocycles. The van der Waals surface area contributed by atoms with E-state index >= 15 is 0 Å². The normalized spacial score (nSPS) is 12.5. The lowest BCUT2D eigenvalue weighted by Crippen LogP contribution is -2.40. The Hall–Kier alpha value is -7.50. The van der Waals surface area contributed by atoms with Crippen molar-refractivity contribution in [2.24, 2.45) is 0 Å². The summed E-state index contributed by atoms with van der Waals surface area (Å²) >= 11 is 0. The number of nitrogens with zero attached hydrogens (tertiary/aromatic N) is 4. The molecule has 0 bridgehead atoms. The molecule has 0 aliphatic carbocycles. The van der Waals surface area contributed by atoms with Gasteiger partial charge in [-0.2, -0.15) is 0 Å². The number of hydrogen-bond acceptors (Lipinski definition) is 2. The highest BCUT2D eigenvalue weighted by Gasteiger charge is 2.30. The molecule has 10 rings (SSSR count). The maximum Gasteiger partial charge on any atom is 0.269 e. The van der Waals surface area contributed by atoms with Gasteiger partial charge in [-0.3, -0.25) is 13.7 Å². The van der Waals surface area contributed by atoms with E-state index in [1.54, 1.807) is 0 Å². The molecule has 5 heteroatoms. The van der Waals surface area contributed by atoms with Crippen molar-refractivity contribution in [3.05, 3.63) is 233 Å². The van der Waals surface area contributed by atoms with Crippen LogP contribution >= 0.6 is 0 Å². The van der Waals surface area contributed by atoms with Gasteiger partial charge in [0.05, 0.1) is 28.1 Å². The third-order valence-electron chi connectivity index (χ3n) is 15.5. The molecular formula is C69H72N4O. The van der Waals surface area contributed by atoms with Crippen molar-refractivity contribution in [1.29, 1.82) is 0 Å². The summed E-state index contributed by atoms with van der Waals surface area (Å²) in [5.41, 5.74) is 16.4. The molecule has 0 radical (unpaired) electrons. The van der Waals surface area contributed by atoms with Gasteiger partial charge in [0.25, 0.3) is 6.33 Å². The summed E-state index contributed by atoms with van der Waals surface area (Å²) in [6, 6.07) is 61.6. The number of fused-ring (bicyclic) bond motifs is 3. The minimum absolute atomic E-state index is 0.00477. The van der Waals surface area contributed by atoms with Crippen LogP contribution in [0.3, 0.4) is 0 Å². The highest BCUT2D eigenvalue weighted by atomic mass is 16.5. The minimum atomic E-state index is -0.332. The Morgan fingerprint density at radius 2 is 1.15 bits per heavy atom. The molecule has 5 nitrogen and oxygen atoms in total. The van der Waals surface area contributed by atoms with Crippen molar-refractivity contribution in [2.75, 3.05) is 0 Å². The van der Waals surface area contributed by atoms with E-state index in [2.05, 4.69) is 280 Å². The molecule has 0 aliphatic heterocycles. The smallest absolute Gasteiger partial charge is 0.269 e. The second kappa shape index (κ2) is 19.4. The maximum absolute atomic E-state index is 6.92. The standard InChI is InChI=1S/C69H72N4O/c1-45(2)49-36-59(46(3)4)66(60(37-49)47(5)6)48-34-35-70-65(38-48)73-62-33-30-53(68(10,11)50-22-16-14-17-23-50)40-61(62)58-32-31-57(42-63(58)73)74-56-29-21-27-54(41-56)71-43-64(69(12,13)51-24-18-15-19-25-51)72(44-71)55-28-20-26-52(39-55)67(7,8)9/h14-43,45-47H,1-13H3. The van der Waals surface area contributed by atoms with Gasteiger partial charge in [-0.25, -0.2) is 4.98 Å². The summed E-state index contributed by atoms with van der Waals surface area (Å²) in [5, 5.41) is 2.31. The van der Waals surface area contributed by atoms with E-state index in [-0.39, 0.29) is 16.2 Å².